The first-order valence-corrected chi connectivity index (χ1v) is 5.76. The van der Waals surface area contributed by atoms with Gasteiger partial charge in [0.05, 0.1) is 13.1 Å². The number of rotatable bonds is 1. The van der Waals surface area contributed by atoms with Crippen molar-refractivity contribution in [2.75, 3.05) is 13.1 Å². The van der Waals surface area contributed by atoms with Gasteiger partial charge in [0.2, 0.25) is 0 Å². The SMILES string of the molecule is Brc1ccc([NH+]2CCCCC2)cc1.[Br-].[Br-]. The van der Waals surface area contributed by atoms with Crippen LogP contribution in [0.5, 0.6) is 0 Å². The topological polar surface area (TPSA) is 4.44 Å². The van der Waals surface area contributed by atoms with Gasteiger partial charge in [-0.15, -0.1) is 0 Å². The molecule has 1 N–H and O–H groups in total. The molecule has 1 fully saturated rings. The van der Waals surface area contributed by atoms with Crippen LogP contribution in [0.2, 0.25) is 0 Å². The summed E-state index contributed by atoms with van der Waals surface area (Å²) < 4.78 is 1.17. The third kappa shape index (κ3) is 4.55. The van der Waals surface area contributed by atoms with Crippen LogP contribution >= 0.6 is 15.9 Å². The molecule has 1 nitrogen and oxygen atoms in total. The standard InChI is InChI=1S/C11H14BrN.2BrH/c12-10-4-6-11(7-5-10)13-8-2-1-3-9-13;;/h4-7H,1-3,8-9H2;2*1H/p-1. The zero-order chi connectivity index (χ0) is 9.10. The van der Waals surface area contributed by atoms with Crippen molar-refractivity contribution < 1.29 is 38.9 Å². The van der Waals surface area contributed by atoms with Crippen LogP contribution in [0.1, 0.15) is 19.3 Å². The van der Waals surface area contributed by atoms with Crippen LogP contribution in [0.3, 0.4) is 0 Å². The number of benzene rings is 1. The predicted octanol–water partition coefficient (Wildman–Crippen LogP) is -3.84. The molecule has 2 rings (SSSR count). The minimum absolute atomic E-state index is 0. The quantitative estimate of drug-likeness (QED) is 0.492. The van der Waals surface area contributed by atoms with E-state index in [4.69, 9.17) is 0 Å². The maximum absolute atomic E-state index is 3.46. The Labute approximate surface area is 121 Å². The van der Waals surface area contributed by atoms with E-state index in [1.54, 1.807) is 4.90 Å². The molecule has 1 saturated heterocycles. The predicted molar refractivity (Wildman–Crippen MR) is 58.3 cm³/mol. The fourth-order valence-electron chi connectivity index (χ4n) is 1.95. The summed E-state index contributed by atoms with van der Waals surface area (Å²) in [6.45, 7) is 2.61. The summed E-state index contributed by atoms with van der Waals surface area (Å²) in [7, 11) is 0. The molecule has 1 aromatic rings. The number of halogens is 3. The van der Waals surface area contributed by atoms with E-state index >= 15 is 0 Å². The van der Waals surface area contributed by atoms with E-state index < -0.39 is 0 Å². The lowest BCUT2D eigenvalue weighted by atomic mass is 10.1. The molecule has 1 aliphatic rings. The van der Waals surface area contributed by atoms with Gasteiger partial charge in [0.25, 0.3) is 0 Å². The monoisotopic (exact) mass is 398 g/mol. The van der Waals surface area contributed by atoms with Crippen LogP contribution in [0.15, 0.2) is 28.7 Å². The van der Waals surface area contributed by atoms with Gasteiger partial charge >= 0.3 is 0 Å². The smallest absolute Gasteiger partial charge is 0.131 e. The van der Waals surface area contributed by atoms with E-state index in [0.29, 0.717) is 0 Å². The third-order valence-corrected chi connectivity index (χ3v) is 3.24. The van der Waals surface area contributed by atoms with Crippen molar-refractivity contribution in [3.8, 4) is 0 Å². The molecule has 86 valence electrons. The lowest BCUT2D eigenvalue weighted by Gasteiger charge is -2.22. The van der Waals surface area contributed by atoms with Crippen molar-refractivity contribution >= 4 is 21.6 Å². The molecule has 0 spiro atoms. The average Bonchev–Trinajstić information content (AvgIpc) is 2.20. The molecule has 0 bridgehead atoms. The summed E-state index contributed by atoms with van der Waals surface area (Å²) in [6.07, 6.45) is 4.18. The van der Waals surface area contributed by atoms with Gasteiger partial charge in [-0.25, -0.2) is 0 Å². The molecule has 4 heteroatoms. The Morgan fingerprint density at radius 3 is 1.93 bits per heavy atom. The highest BCUT2D eigenvalue weighted by atomic mass is 79.9. The molecule has 0 amide bonds. The second-order valence-corrected chi connectivity index (χ2v) is 4.59. The number of piperidine rings is 1. The second-order valence-electron chi connectivity index (χ2n) is 3.67. The minimum Gasteiger partial charge on any atom is -1.00 e. The number of hydrogen-bond acceptors (Lipinski definition) is 0. The Balaban J connectivity index is 0.000000980. The molecular weight excluding hydrogens is 386 g/mol. The lowest BCUT2D eigenvalue weighted by Crippen LogP contribution is -3.08. The van der Waals surface area contributed by atoms with Crippen molar-refractivity contribution in [3.63, 3.8) is 0 Å². The summed E-state index contributed by atoms with van der Waals surface area (Å²) in [6, 6.07) is 8.73. The Morgan fingerprint density at radius 2 is 1.40 bits per heavy atom. The van der Waals surface area contributed by atoms with Crippen molar-refractivity contribution in [2.45, 2.75) is 19.3 Å². The van der Waals surface area contributed by atoms with Gasteiger partial charge < -0.3 is 38.9 Å². The molecule has 1 aromatic carbocycles. The van der Waals surface area contributed by atoms with Crippen LogP contribution in [0.4, 0.5) is 5.69 Å². The summed E-state index contributed by atoms with van der Waals surface area (Å²) >= 11 is 3.46. The highest BCUT2D eigenvalue weighted by Gasteiger charge is 2.15. The first-order chi connectivity index (χ1) is 6.36. The lowest BCUT2D eigenvalue weighted by molar-refractivity contribution is -0.838. The molecular formula is C11H15Br3N-. The third-order valence-electron chi connectivity index (χ3n) is 2.71. The fraction of sp³-hybridized carbons (Fsp3) is 0.455. The van der Waals surface area contributed by atoms with E-state index in [1.807, 2.05) is 0 Å². The Hall–Kier alpha value is 0.620. The summed E-state index contributed by atoms with van der Waals surface area (Å²) in [4.78, 5) is 1.65. The van der Waals surface area contributed by atoms with Crippen molar-refractivity contribution in [1.82, 2.24) is 0 Å². The van der Waals surface area contributed by atoms with Gasteiger partial charge in [-0.3, -0.25) is 0 Å². The van der Waals surface area contributed by atoms with Crippen LogP contribution in [0.25, 0.3) is 0 Å². The molecule has 0 saturated carbocycles. The van der Waals surface area contributed by atoms with Gasteiger partial charge in [-0.05, 0) is 31.4 Å². The molecule has 0 unspecified atom stereocenters. The van der Waals surface area contributed by atoms with E-state index in [9.17, 15) is 0 Å². The van der Waals surface area contributed by atoms with Gasteiger partial charge in [-0.1, -0.05) is 15.9 Å². The molecule has 15 heavy (non-hydrogen) atoms. The van der Waals surface area contributed by atoms with E-state index in [1.165, 1.54) is 42.5 Å². The van der Waals surface area contributed by atoms with Crippen molar-refractivity contribution in [2.24, 2.45) is 0 Å². The largest absolute Gasteiger partial charge is 1.00 e. The van der Waals surface area contributed by atoms with Crippen molar-refractivity contribution in [1.29, 1.82) is 0 Å². The minimum atomic E-state index is 0. The molecule has 0 aliphatic carbocycles. The fourth-order valence-corrected chi connectivity index (χ4v) is 2.22. The number of quaternary nitrogens is 1. The van der Waals surface area contributed by atoms with Gasteiger partial charge in [0.15, 0.2) is 0 Å². The Kier molecular flexibility index (Phi) is 8.15. The highest BCUT2D eigenvalue weighted by molar-refractivity contribution is 9.10. The molecule has 1 heterocycles. The molecule has 1 aliphatic heterocycles. The zero-order valence-electron chi connectivity index (χ0n) is 8.48. The average molecular weight is 401 g/mol. The maximum Gasteiger partial charge on any atom is 0.131 e. The molecule has 0 radical (unpaired) electrons. The van der Waals surface area contributed by atoms with E-state index in [-0.39, 0.29) is 34.0 Å². The first-order valence-electron chi connectivity index (χ1n) is 4.97. The first kappa shape index (κ1) is 15.6. The van der Waals surface area contributed by atoms with Gasteiger partial charge in [0.1, 0.15) is 5.69 Å². The van der Waals surface area contributed by atoms with Crippen LogP contribution < -0.4 is 38.9 Å². The number of nitrogens with one attached hydrogen (secondary N) is 1. The van der Waals surface area contributed by atoms with Crippen molar-refractivity contribution in [3.05, 3.63) is 28.7 Å². The van der Waals surface area contributed by atoms with Crippen LogP contribution in [-0.4, -0.2) is 13.1 Å². The van der Waals surface area contributed by atoms with Crippen LogP contribution in [0, 0.1) is 0 Å². The highest BCUT2D eigenvalue weighted by Crippen LogP contribution is 2.12. The summed E-state index contributed by atoms with van der Waals surface area (Å²) in [5, 5.41) is 0. The van der Waals surface area contributed by atoms with Crippen LogP contribution in [-0.2, 0) is 0 Å². The summed E-state index contributed by atoms with van der Waals surface area (Å²) in [5.41, 5.74) is 1.45. The Morgan fingerprint density at radius 1 is 0.867 bits per heavy atom. The van der Waals surface area contributed by atoms with Gasteiger partial charge in [0, 0.05) is 16.6 Å². The van der Waals surface area contributed by atoms with Gasteiger partial charge in [-0.2, -0.15) is 0 Å². The normalized spacial score (nSPS) is 16.3. The number of hydrogen-bond donors (Lipinski definition) is 1. The van der Waals surface area contributed by atoms with E-state index in [0.717, 1.165) is 0 Å². The van der Waals surface area contributed by atoms with E-state index in [2.05, 4.69) is 40.2 Å². The molecule has 0 aromatic heterocycles. The summed E-state index contributed by atoms with van der Waals surface area (Å²) in [5.74, 6) is 0. The maximum atomic E-state index is 3.46. The zero-order valence-corrected chi connectivity index (χ0v) is 13.2. The molecule has 0 atom stereocenters. The Bertz CT molecular complexity index is 268. The second kappa shape index (κ2) is 7.82.